The van der Waals surface area contributed by atoms with Gasteiger partial charge < -0.3 is 0 Å². The summed E-state index contributed by atoms with van der Waals surface area (Å²) in [5, 5.41) is 0. The lowest BCUT2D eigenvalue weighted by atomic mass is 10.3. The highest BCUT2D eigenvalue weighted by atomic mass is 16.2. The molecule has 5 nitrogen and oxygen atoms in total. The monoisotopic (exact) mass is 216 g/mol. The van der Waals surface area contributed by atoms with Crippen LogP contribution in [0.5, 0.6) is 0 Å². The molecule has 0 aliphatic heterocycles. The first-order valence-corrected chi connectivity index (χ1v) is 4.60. The Morgan fingerprint density at radius 3 is 2.12 bits per heavy atom. The second-order valence-electron chi connectivity index (χ2n) is 2.74. The van der Waals surface area contributed by atoms with E-state index in [2.05, 4.69) is 9.97 Å². The van der Waals surface area contributed by atoms with Crippen LogP contribution in [0.2, 0.25) is 0 Å². The number of carbonyl (C=O) groups excluding carboxylic acids is 1. The first-order valence-electron chi connectivity index (χ1n) is 4.60. The minimum Gasteiger partial charge on any atom is -0.290 e. The molecule has 0 fully saturated rings. The fourth-order valence-corrected chi connectivity index (χ4v) is 0.893. The van der Waals surface area contributed by atoms with Gasteiger partial charge in [0, 0.05) is 24.8 Å². The lowest BCUT2D eigenvalue weighted by Gasteiger charge is -1.95. The first-order chi connectivity index (χ1) is 7.84. The maximum Gasteiger partial charge on any atom is 0.266 e. The van der Waals surface area contributed by atoms with E-state index in [0.717, 1.165) is 0 Å². The molecule has 2 aromatic rings. The molecule has 0 aromatic carbocycles. The van der Waals surface area contributed by atoms with E-state index >= 15 is 0 Å². The standard InChI is InChI=1S/C6H7N3O.C5H5N/c7-9-6(10)5-2-1-3-8-4-5;1-2-4-6-5-3-1/h1-4H,7H2,(H,9,10);1-5H. The fraction of sp³-hybridized carbons (Fsp3) is 0. The van der Waals surface area contributed by atoms with Gasteiger partial charge in [0.15, 0.2) is 0 Å². The Bertz CT molecular complexity index is 378. The number of nitrogens with one attached hydrogen (secondary N) is 1. The molecule has 0 bridgehead atoms. The van der Waals surface area contributed by atoms with Gasteiger partial charge in [-0.1, -0.05) is 6.07 Å². The van der Waals surface area contributed by atoms with E-state index in [9.17, 15) is 4.79 Å². The van der Waals surface area contributed by atoms with Gasteiger partial charge in [0.05, 0.1) is 5.56 Å². The van der Waals surface area contributed by atoms with Crippen LogP contribution in [0, 0.1) is 0 Å². The third-order valence-electron chi connectivity index (χ3n) is 1.62. The quantitative estimate of drug-likeness (QED) is 0.419. The zero-order valence-electron chi connectivity index (χ0n) is 8.58. The molecule has 2 rings (SSSR count). The second-order valence-corrected chi connectivity index (χ2v) is 2.74. The molecule has 0 radical (unpaired) electrons. The van der Waals surface area contributed by atoms with Crippen LogP contribution in [-0.2, 0) is 0 Å². The molecular formula is C11H12N4O. The molecule has 2 aromatic heterocycles. The third kappa shape index (κ3) is 4.30. The summed E-state index contributed by atoms with van der Waals surface area (Å²) in [6.45, 7) is 0. The lowest BCUT2D eigenvalue weighted by molar-refractivity contribution is 0.0953. The minimum absolute atomic E-state index is 0.326. The summed E-state index contributed by atoms with van der Waals surface area (Å²) in [7, 11) is 0. The van der Waals surface area contributed by atoms with Gasteiger partial charge in [0.2, 0.25) is 0 Å². The van der Waals surface area contributed by atoms with Crippen molar-refractivity contribution in [3.63, 3.8) is 0 Å². The number of carbonyl (C=O) groups is 1. The van der Waals surface area contributed by atoms with Crippen molar-refractivity contribution in [2.24, 2.45) is 5.84 Å². The van der Waals surface area contributed by atoms with Crippen LogP contribution < -0.4 is 11.3 Å². The number of hydrazine groups is 1. The number of nitrogens with zero attached hydrogens (tertiary/aromatic N) is 2. The van der Waals surface area contributed by atoms with Crippen molar-refractivity contribution < 1.29 is 4.79 Å². The number of aromatic nitrogens is 2. The summed E-state index contributed by atoms with van der Waals surface area (Å²) >= 11 is 0. The topological polar surface area (TPSA) is 80.9 Å². The van der Waals surface area contributed by atoms with Crippen LogP contribution in [0.4, 0.5) is 0 Å². The van der Waals surface area contributed by atoms with Crippen molar-refractivity contribution in [2.45, 2.75) is 0 Å². The average Bonchev–Trinajstić information content (AvgIpc) is 2.41. The Hall–Kier alpha value is -2.27. The third-order valence-corrected chi connectivity index (χ3v) is 1.62. The molecule has 3 N–H and O–H groups in total. The van der Waals surface area contributed by atoms with E-state index in [0.29, 0.717) is 5.56 Å². The summed E-state index contributed by atoms with van der Waals surface area (Å²) in [6, 6.07) is 9.02. The first kappa shape index (κ1) is 11.8. The van der Waals surface area contributed by atoms with Crippen molar-refractivity contribution in [3.8, 4) is 0 Å². The van der Waals surface area contributed by atoms with Crippen molar-refractivity contribution in [1.82, 2.24) is 15.4 Å². The fourth-order valence-electron chi connectivity index (χ4n) is 0.893. The normalized spacial score (nSPS) is 8.56. The Balaban J connectivity index is 0.000000181. The Morgan fingerprint density at radius 2 is 1.75 bits per heavy atom. The SMILES string of the molecule is NNC(=O)c1cccnc1.c1ccncc1. The zero-order chi connectivity index (χ0) is 11.6. The Kier molecular flexibility index (Phi) is 5.22. The van der Waals surface area contributed by atoms with Gasteiger partial charge in [-0.25, -0.2) is 5.84 Å². The molecule has 0 saturated carbocycles. The van der Waals surface area contributed by atoms with Gasteiger partial charge in [-0.2, -0.15) is 0 Å². The molecule has 5 heteroatoms. The number of nitrogens with two attached hydrogens (primary N) is 1. The van der Waals surface area contributed by atoms with Gasteiger partial charge in [-0.3, -0.25) is 20.2 Å². The summed E-state index contributed by atoms with van der Waals surface area (Å²) in [5.74, 6) is 4.55. The Morgan fingerprint density at radius 1 is 1.06 bits per heavy atom. The minimum atomic E-state index is -0.326. The van der Waals surface area contributed by atoms with Crippen molar-refractivity contribution in [3.05, 3.63) is 60.7 Å². The van der Waals surface area contributed by atoms with Gasteiger partial charge in [-0.05, 0) is 24.3 Å². The number of amides is 1. The number of hydrogen-bond acceptors (Lipinski definition) is 4. The summed E-state index contributed by atoms with van der Waals surface area (Å²) in [5.41, 5.74) is 2.47. The summed E-state index contributed by atoms with van der Waals surface area (Å²) < 4.78 is 0. The van der Waals surface area contributed by atoms with E-state index in [-0.39, 0.29) is 5.91 Å². The van der Waals surface area contributed by atoms with Crippen molar-refractivity contribution >= 4 is 5.91 Å². The van der Waals surface area contributed by atoms with Crippen LogP contribution >= 0.6 is 0 Å². The molecular weight excluding hydrogens is 204 g/mol. The molecule has 0 aliphatic rings. The zero-order valence-corrected chi connectivity index (χ0v) is 8.58. The molecule has 0 unspecified atom stereocenters. The van der Waals surface area contributed by atoms with Gasteiger partial charge in [0.25, 0.3) is 5.91 Å². The molecule has 0 atom stereocenters. The highest BCUT2D eigenvalue weighted by Crippen LogP contribution is 1.92. The van der Waals surface area contributed by atoms with Crippen LogP contribution in [-0.4, -0.2) is 15.9 Å². The molecule has 2 heterocycles. The largest absolute Gasteiger partial charge is 0.290 e. The number of nitrogen functional groups attached to an aromatic ring is 1. The Labute approximate surface area is 93.3 Å². The molecule has 1 amide bonds. The maximum absolute atomic E-state index is 10.7. The molecule has 82 valence electrons. The van der Waals surface area contributed by atoms with E-state index in [1.165, 1.54) is 6.20 Å². The van der Waals surface area contributed by atoms with E-state index in [1.807, 2.05) is 23.6 Å². The van der Waals surface area contributed by atoms with Crippen LogP contribution in [0.15, 0.2) is 55.1 Å². The van der Waals surface area contributed by atoms with Crippen molar-refractivity contribution in [1.29, 1.82) is 0 Å². The van der Waals surface area contributed by atoms with Gasteiger partial charge >= 0.3 is 0 Å². The van der Waals surface area contributed by atoms with E-state index in [4.69, 9.17) is 5.84 Å². The summed E-state index contributed by atoms with van der Waals surface area (Å²) in [6.07, 6.45) is 6.54. The lowest BCUT2D eigenvalue weighted by Crippen LogP contribution is -2.29. The maximum atomic E-state index is 10.7. The molecule has 0 saturated heterocycles. The number of pyridine rings is 2. The van der Waals surface area contributed by atoms with Crippen LogP contribution in [0.1, 0.15) is 10.4 Å². The van der Waals surface area contributed by atoms with Crippen LogP contribution in [0.3, 0.4) is 0 Å². The smallest absolute Gasteiger partial charge is 0.266 e. The highest BCUT2D eigenvalue weighted by Gasteiger charge is 1.99. The number of rotatable bonds is 1. The average molecular weight is 216 g/mol. The predicted octanol–water partition coefficient (Wildman–Crippen LogP) is 0.767. The molecule has 0 spiro atoms. The van der Waals surface area contributed by atoms with Crippen LogP contribution in [0.25, 0.3) is 0 Å². The molecule has 16 heavy (non-hydrogen) atoms. The van der Waals surface area contributed by atoms with E-state index < -0.39 is 0 Å². The summed E-state index contributed by atoms with van der Waals surface area (Å²) in [4.78, 5) is 18.3. The van der Waals surface area contributed by atoms with Gasteiger partial charge in [-0.15, -0.1) is 0 Å². The molecule has 0 aliphatic carbocycles. The predicted molar refractivity (Wildman–Crippen MR) is 60.1 cm³/mol. The number of hydrogen-bond donors (Lipinski definition) is 2. The van der Waals surface area contributed by atoms with Crippen molar-refractivity contribution in [2.75, 3.05) is 0 Å². The van der Waals surface area contributed by atoms with Gasteiger partial charge in [0.1, 0.15) is 0 Å². The van der Waals surface area contributed by atoms with E-state index in [1.54, 1.807) is 30.7 Å². The highest BCUT2D eigenvalue weighted by molar-refractivity contribution is 5.93. The second kappa shape index (κ2) is 7.08.